The molecule has 8 heteroatoms. The minimum Gasteiger partial charge on any atom is -0.494 e. The molecule has 0 spiro atoms. The predicted molar refractivity (Wildman–Crippen MR) is 76.2 cm³/mol. The highest BCUT2D eigenvalue weighted by Crippen LogP contribution is 2.37. The number of anilines is 1. The summed E-state index contributed by atoms with van der Waals surface area (Å²) in [5.41, 5.74) is 1.72. The number of aromatic hydroxyl groups is 2. The van der Waals surface area contributed by atoms with Gasteiger partial charge < -0.3 is 15.1 Å². The zero-order chi connectivity index (χ0) is 15.1. The number of aliphatic imine (C=N–C) groups is 1. The normalized spacial score (nSPS) is 13.8. The van der Waals surface area contributed by atoms with Crippen LogP contribution in [0.25, 0.3) is 0 Å². The van der Waals surface area contributed by atoms with E-state index in [0.717, 1.165) is 5.56 Å². The van der Waals surface area contributed by atoms with Gasteiger partial charge in [0.05, 0.1) is 17.2 Å². The standard InChI is InChI=1S/C13H12N4O4/c1-7-14-10-4-9(17(20)21)3-2-8(10)6-16(7)11-5-12(18)15-13(11)19/h2-5,15,18-19H,6H2,1H3. The Balaban J connectivity index is 2.02. The van der Waals surface area contributed by atoms with Crippen molar-refractivity contribution in [2.24, 2.45) is 4.99 Å². The Labute approximate surface area is 119 Å². The smallest absolute Gasteiger partial charge is 0.271 e. The number of aromatic nitrogens is 1. The van der Waals surface area contributed by atoms with Crippen LogP contribution in [-0.4, -0.2) is 26.0 Å². The van der Waals surface area contributed by atoms with Crippen LogP contribution >= 0.6 is 0 Å². The molecular weight excluding hydrogens is 276 g/mol. The summed E-state index contributed by atoms with van der Waals surface area (Å²) < 4.78 is 0. The van der Waals surface area contributed by atoms with Crippen LogP contribution < -0.4 is 4.90 Å². The van der Waals surface area contributed by atoms with Crippen LogP contribution in [0, 0.1) is 10.1 Å². The summed E-state index contributed by atoms with van der Waals surface area (Å²) in [6.07, 6.45) is 0. The van der Waals surface area contributed by atoms with Crippen LogP contribution in [0.2, 0.25) is 0 Å². The maximum absolute atomic E-state index is 10.8. The topological polar surface area (TPSA) is 115 Å². The molecule has 0 radical (unpaired) electrons. The SMILES string of the molecule is CC1=Nc2cc([N+](=O)[O-])ccc2CN1c1cc(O)[nH]c1O. The van der Waals surface area contributed by atoms with E-state index >= 15 is 0 Å². The van der Waals surface area contributed by atoms with Gasteiger partial charge in [0.25, 0.3) is 5.69 Å². The van der Waals surface area contributed by atoms with Crippen LogP contribution in [0.3, 0.4) is 0 Å². The second-order valence-corrected chi connectivity index (χ2v) is 4.70. The van der Waals surface area contributed by atoms with Gasteiger partial charge in [0, 0.05) is 18.2 Å². The summed E-state index contributed by atoms with van der Waals surface area (Å²) in [5.74, 6) is 0.259. The fraction of sp³-hybridized carbons (Fsp3) is 0.154. The van der Waals surface area contributed by atoms with Crippen molar-refractivity contribution < 1.29 is 15.1 Å². The molecule has 1 aromatic heterocycles. The van der Waals surface area contributed by atoms with Gasteiger partial charge in [-0.25, -0.2) is 4.99 Å². The number of hydrogen-bond acceptors (Lipinski definition) is 6. The number of non-ortho nitro benzene ring substituents is 1. The summed E-state index contributed by atoms with van der Waals surface area (Å²) in [5, 5.41) is 29.9. The van der Waals surface area contributed by atoms with Crippen LogP contribution in [0.4, 0.5) is 17.1 Å². The summed E-state index contributed by atoms with van der Waals surface area (Å²) >= 11 is 0. The van der Waals surface area contributed by atoms with Crippen molar-refractivity contribution in [1.82, 2.24) is 4.98 Å². The van der Waals surface area contributed by atoms with E-state index in [4.69, 9.17) is 0 Å². The molecule has 2 aromatic rings. The summed E-state index contributed by atoms with van der Waals surface area (Å²) in [7, 11) is 0. The lowest BCUT2D eigenvalue weighted by atomic mass is 10.1. The van der Waals surface area contributed by atoms with Gasteiger partial charge in [-0.3, -0.25) is 15.1 Å². The zero-order valence-corrected chi connectivity index (χ0v) is 11.1. The van der Waals surface area contributed by atoms with Crippen LogP contribution in [-0.2, 0) is 6.54 Å². The number of fused-ring (bicyclic) bond motifs is 1. The third-order valence-electron chi connectivity index (χ3n) is 3.33. The molecule has 1 aliphatic rings. The van der Waals surface area contributed by atoms with Crippen LogP contribution in [0.5, 0.6) is 11.8 Å². The molecule has 3 N–H and O–H groups in total. The molecule has 0 fully saturated rings. The first-order valence-corrected chi connectivity index (χ1v) is 6.17. The van der Waals surface area contributed by atoms with E-state index in [1.54, 1.807) is 17.9 Å². The first-order chi connectivity index (χ1) is 9.95. The predicted octanol–water partition coefficient (Wildman–Crippen LogP) is 2.40. The van der Waals surface area contributed by atoms with E-state index in [1.807, 2.05) is 0 Å². The van der Waals surface area contributed by atoms with E-state index in [-0.39, 0.29) is 17.4 Å². The lowest BCUT2D eigenvalue weighted by Crippen LogP contribution is -2.30. The molecule has 21 heavy (non-hydrogen) atoms. The molecule has 0 atom stereocenters. The number of benzene rings is 1. The van der Waals surface area contributed by atoms with Gasteiger partial charge in [0.2, 0.25) is 5.88 Å². The van der Waals surface area contributed by atoms with E-state index in [9.17, 15) is 20.3 Å². The minimum atomic E-state index is -0.465. The number of hydrogen-bond donors (Lipinski definition) is 3. The third kappa shape index (κ3) is 2.16. The van der Waals surface area contributed by atoms with E-state index in [0.29, 0.717) is 23.8 Å². The van der Waals surface area contributed by atoms with Crippen molar-refractivity contribution >= 4 is 22.9 Å². The zero-order valence-electron chi connectivity index (χ0n) is 11.1. The van der Waals surface area contributed by atoms with E-state index in [2.05, 4.69) is 9.98 Å². The molecule has 0 unspecified atom stereocenters. The average molecular weight is 288 g/mol. The molecule has 0 bridgehead atoms. The number of nitro benzene ring substituents is 1. The molecule has 108 valence electrons. The average Bonchev–Trinajstić information content (AvgIpc) is 2.76. The Bertz CT molecular complexity index is 766. The van der Waals surface area contributed by atoms with Gasteiger partial charge in [0.1, 0.15) is 11.5 Å². The van der Waals surface area contributed by atoms with E-state index < -0.39 is 4.92 Å². The number of nitrogens with one attached hydrogen (secondary N) is 1. The number of amidine groups is 1. The highest BCUT2D eigenvalue weighted by Gasteiger charge is 2.23. The van der Waals surface area contributed by atoms with Gasteiger partial charge in [0.15, 0.2) is 5.88 Å². The molecule has 8 nitrogen and oxygen atoms in total. The number of nitro groups is 1. The Hall–Kier alpha value is -3.03. The molecule has 1 aliphatic heterocycles. The highest BCUT2D eigenvalue weighted by atomic mass is 16.6. The summed E-state index contributed by atoms with van der Waals surface area (Å²) in [6.45, 7) is 2.12. The molecule has 0 amide bonds. The highest BCUT2D eigenvalue weighted by molar-refractivity contribution is 6.00. The van der Waals surface area contributed by atoms with E-state index in [1.165, 1.54) is 18.2 Å². The fourth-order valence-electron chi connectivity index (χ4n) is 2.31. The Kier molecular flexibility index (Phi) is 2.79. The summed E-state index contributed by atoms with van der Waals surface area (Å²) in [6, 6.07) is 5.87. The Morgan fingerprint density at radius 3 is 2.76 bits per heavy atom. The van der Waals surface area contributed by atoms with Crippen molar-refractivity contribution in [2.45, 2.75) is 13.5 Å². The first kappa shape index (κ1) is 13.0. The van der Waals surface area contributed by atoms with Crippen LogP contribution in [0.1, 0.15) is 12.5 Å². The van der Waals surface area contributed by atoms with Gasteiger partial charge in [-0.1, -0.05) is 0 Å². The van der Waals surface area contributed by atoms with Crippen molar-refractivity contribution in [2.75, 3.05) is 4.90 Å². The quantitative estimate of drug-likeness (QED) is 0.579. The minimum absolute atomic E-state index is 0.0131. The van der Waals surface area contributed by atoms with Crippen LogP contribution in [0.15, 0.2) is 29.3 Å². The lowest BCUT2D eigenvalue weighted by Gasteiger charge is -2.27. The molecule has 1 aromatic carbocycles. The third-order valence-corrected chi connectivity index (χ3v) is 3.33. The molecule has 0 saturated carbocycles. The molecule has 2 heterocycles. The van der Waals surface area contributed by atoms with Crippen molar-refractivity contribution in [1.29, 1.82) is 0 Å². The van der Waals surface area contributed by atoms with Gasteiger partial charge in [-0.2, -0.15) is 0 Å². The van der Waals surface area contributed by atoms with Gasteiger partial charge in [-0.15, -0.1) is 0 Å². The Morgan fingerprint density at radius 2 is 2.14 bits per heavy atom. The van der Waals surface area contributed by atoms with Gasteiger partial charge >= 0.3 is 0 Å². The lowest BCUT2D eigenvalue weighted by molar-refractivity contribution is -0.384. The Morgan fingerprint density at radius 1 is 1.38 bits per heavy atom. The molecule has 0 aliphatic carbocycles. The number of nitrogens with zero attached hydrogens (tertiary/aromatic N) is 3. The maximum atomic E-state index is 10.8. The van der Waals surface area contributed by atoms with Crippen molar-refractivity contribution in [3.8, 4) is 11.8 Å². The summed E-state index contributed by atoms with van der Waals surface area (Å²) in [4.78, 5) is 18.8. The second kappa shape index (κ2) is 4.51. The van der Waals surface area contributed by atoms with Crippen molar-refractivity contribution in [3.63, 3.8) is 0 Å². The fourth-order valence-corrected chi connectivity index (χ4v) is 2.31. The largest absolute Gasteiger partial charge is 0.494 e. The molecule has 3 rings (SSSR count). The molecular formula is C13H12N4O4. The number of H-pyrrole nitrogens is 1. The number of rotatable bonds is 2. The van der Waals surface area contributed by atoms with Gasteiger partial charge in [-0.05, 0) is 18.6 Å². The second-order valence-electron chi connectivity index (χ2n) is 4.70. The number of aromatic amines is 1. The monoisotopic (exact) mass is 288 g/mol. The first-order valence-electron chi connectivity index (χ1n) is 6.17. The maximum Gasteiger partial charge on any atom is 0.271 e. The molecule has 0 saturated heterocycles. The van der Waals surface area contributed by atoms with Crippen molar-refractivity contribution in [3.05, 3.63) is 39.9 Å².